The van der Waals surface area contributed by atoms with Gasteiger partial charge in [-0.25, -0.2) is 0 Å². The second-order valence-electron chi connectivity index (χ2n) is 5.90. The van der Waals surface area contributed by atoms with Crippen LogP contribution >= 0.6 is 0 Å². The quantitative estimate of drug-likeness (QED) is 0.890. The third-order valence-corrected chi connectivity index (χ3v) is 4.21. The van der Waals surface area contributed by atoms with Crippen molar-refractivity contribution in [2.45, 2.75) is 24.9 Å². The molecule has 112 valence electrons. The molecular formula is C16H27N3O. The van der Waals surface area contributed by atoms with E-state index in [9.17, 15) is 0 Å². The average Bonchev–Trinajstić information content (AvgIpc) is 2.47. The van der Waals surface area contributed by atoms with Crippen molar-refractivity contribution in [1.29, 1.82) is 0 Å². The number of methoxy groups -OCH3 is 1. The molecule has 2 rings (SSSR count). The molecule has 1 aliphatic heterocycles. The first kappa shape index (κ1) is 15.3. The third kappa shape index (κ3) is 3.95. The lowest BCUT2D eigenvalue weighted by atomic mass is 10.0. The average molecular weight is 277 g/mol. The van der Waals surface area contributed by atoms with E-state index in [0.29, 0.717) is 6.04 Å². The molecule has 4 heteroatoms. The van der Waals surface area contributed by atoms with E-state index < -0.39 is 0 Å². The topological polar surface area (TPSA) is 41.7 Å². The standard InChI is InChI=1S/C16H27N3O/c1-18(2)14-5-4-10-19(11-14)12-16(17)13-6-8-15(20-3)9-7-13/h6-9,14,16H,4-5,10-12,17H2,1-3H3. The molecule has 4 nitrogen and oxygen atoms in total. The molecule has 1 aromatic rings. The van der Waals surface area contributed by atoms with E-state index in [1.165, 1.54) is 18.4 Å². The van der Waals surface area contributed by atoms with Crippen molar-refractivity contribution < 1.29 is 4.74 Å². The molecule has 1 heterocycles. The Morgan fingerprint density at radius 2 is 2.05 bits per heavy atom. The van der Waals surface area contributed by atoms with Crippen LogP contribution in [-0.4, -0.2) is 56.7 Å². The van der Waals surface area contributed by atoms with Crippen molar-refractivity contribution in [1.82, 2.24) is 9.80 Å². The second-order valence-corrected chi connectivity index (χ2v) is 5.90. The Labute approximate surface area is 122 Å². The van der Waals surface area contributed by atoms with Crippen LogP contribution in [0, 0.1) is 0 Å². The zero-order valence-electron chi connectivity index (χ0n) is 12.9. The molecule has 1 saturated heterocycles. The lowest BCUT2D eigenvalue weighted by Crippen LogP contribution is -2.47. The number of hydrogen-bond acceptors (Lipinski definition) is 4. The summed E-state index contributed by atoms with van der Waals surface area (Å²) in [5.41, 5.74) is 7.52. The lowest BCUT2D eigenvalue weighted by molar-refractivity contribution is 0.128. The molecule has 2 N–H and O–H groups in total. The summed E-state index contributed by atoms with van der Waals surface area (Å²) in [6, 6.07) is 8.82. The first-order valence-corrected chi connectivity index (χ1v) is 7.38. The number of nitrogens with two attached hydrogens (primary N) is 1. The molecule has 1 aliphatic rings. The largest absolute Gasteiger partial charge is 0.497 e. The van der Waals surface area contributed by atoms with Gasteiger partial charge in [0.1, 0.15) is 5.75 Å². The highest BCUT2D eigenvalue weighted by Gasteiger charge is 2.22. The lowest BCUT2D eigenvalue weighted by Gasteiger charge is -2.37. The van der Waals surface area contributed by atoms with Gasteiger partial charge >= 0.3 is 0 Å². The third-order valence-electron chi connectivity index (χ3n) is 4.21. The molecule has 0 bridgehead atoms. The normalized spacial score (nSPS) is 21.9. The van der Waals surface area contributed by atoms with Crippen LogP contribution in [0.25, 0.3) is 0 Å². The van der Waals surface area contributed by atoms with Gasteiger partial charge in [0.15, 0.2) is 0 Å². The van der Waals surface area contributed by atoms with Crippen molar-refractivity contribution in [2.75, 3.05) is 40.8 Å². The molecule has 2 atom stereocenters. The number of benzene rings is 1. The highest BCUT2D eigenvalue weighted by atomic mass is 16.5. The number of likely N-dealkylation sites (N-methyl/N-ethyl adjacent to an activating group) is 1. The van der Waals surface area contributed by atoms with E-state index in [1.54, 1.807) is 7.11 Å². The number of piperidine rings is 1. The molecule has 1 fully saturated rings. The molecule has 0 aliphatic carbocycles. The van der Waals surface area contributed by atoms with Gasteiger partial charge in [0.05, 0.1) is 7.11 Å². The smallest absolute Gasteiger partial charge is 0.118 e. The molecule has 0 aromatic heterocycles. The Bertz CT molecular complexity index is 405. The van der Waals surface area contributed by atoms with Crippen LogP contribution < -0.4 is 10.5 Å². The predicted molar refractivity (Wildman–Crippen MR) is 83.1 cm³/mol. The van der Waals surface area contributed by atoms with E-state index in [2.05, 4.69) is 36.0 Å². The number of rotatable bonds is 5. The summed E-state index contributed by atoms with van der Waals surface area (Å²) in [5.74, 6) is 0.881. The number of hydrogen-bond donors (Lipinski definition) is 1. The molecular weight excluding hydrogens is 250 g/mol. The fourth-order valence-electron chi connectivity index (χ4n) is 2.85. The van der Waals surface area contributed by atoms with Crippen LogP contribution in [0.5, 0.6) is 5.75 Å². The van der Waals surface area contributed by atoms with Crippen molar-refractivity contribution in [3.63, 3.8) is 0 Å². The maximum Gasteiger partial charge on any atom is 0.118 e. The van der Waals surface area contributed by atoms with Gasteiger partial charge in [0, 0.05) is 25.2 Å². The first-order valence-electron chi connectivity index (χ1n) is 7.38. The zero-order valence-corrected chi connectivity index (χ0v) is 12.9. The first-order chi connectivity index (χ1) is 9.60. The van der Waals surface area contributed by atoms with Crippen molar-refractivity contribution in [3.8, 4) is 5.75 Å². The van der Waals surface area contributed by atoms with Gasteiger partial charge in [0.2, 0.25) is 0 Å². The van der Waals surface area contributed by atoms with Crippen LogP contribution in [0.1, 0.15) is 24.4 Å². The summed E-state index contributed by atoms with van der Waals surface area (Å²) in [5, 5.41) is 0. The Kier molecular flexibility index (Phi) is 5.40. The van der Waals surface area contributed by atoms with Gasteiger partial charge in [0.25, 0.3) is 0 Å². The summed E-state index contributed by atoms with van der Waals surface area (Å²) in [4.78, 5) is 4.81. The van der Waals surface area contributed by atoms with Crippen molar-refractivity contribution in [3.05, 3.63) is 29.8 Å². The summed E-state index contributed by atoms with van der Waals surface area (Å²) >= 11 is 0. The van der Waals surface area contributed by atoms with Crippen LogP contribution in [0.2, 0.25) is 0 Å². The molecule has 0 saturated carbocycles. The summed E-state index contributed by atoms with van der Waals surface area (Å²) in [6.45, 7) is 3.21. The van der Waals surface area contributed by atoms with Gasteiger partial charge in [-0.2, -0.15) is 0 Å². The zero-order chi connectivity index (χ0) is 14.5. The Morgan fingerprint density at radius 3 is 2.65 bits per heavy atom. The van der Waals surface area contributed by atoms with Gasteiger partial charge in [-0.3, -0.25) is 4.90 Å². The second kappa shape index (κ2) is 7.07. The minimum Gasteiger partial charge on any atom is -0.497 e. The highest BCUT2D eigenvalue weighted by Crippen LogP contribution is 2.19. The summed E-state index contributed by atoms with van der Waals surface area (Å²) < 4.78 is 5.18. The minimum atomic E-state index is 0.0711. The fraction of sp³-hybridized carbons (Fsp3) is 0.625. The van der Waals surface area contributed by atoms with E-state index >= 15 is 0 Å². The number of ether oxygens (including phenoxy) is 1. The highest BCUT2D eigenvalue weighted by molar-refractivity contribution is 5.29. The van der Waals surface area contributed by atoms with Gasteiger partial charge < -0.3 is 15.4 Å². The maximum atomic E-state index is 6.34. The van der Waals surface area contributed by atoms with Gasteiger partial charge in [-0.15, -0.1) is 0 Å². The molecule has 20 heavy (non-hydrogen) atoms. The van der Waals surface area contributed by atoms with Crippen LogP contribution in [0.3, 0.4) is 0 Å². The maximum absolute atomic E-state index is 6.34. The summed E-state index contributed by atoms with van der Waals surface area (Å²) in [7, 11) is 6.01. The molecule has 2 unspecified atom stereocenters. The monoisotopic (exact) mass is 277 g/mol. The van der Waals surface area contributed by atoms with Gasteiger partial charge in [-0.05, 0) is 51.2 Å². The Balaban J connectivity index is 1.91. The van der Waals surface area contributed by atoms with Crippen LogP contribution in [0.15, 0.2) is 24.3 Å². The number of likely N-dealkylation sites (tertiary alicyclic amines) is 1. The van der Waals surface area contributed by atoms with Crippen molar-refractivity contribution in [2.24, 2.45) is 5.73 Å². The van der Waals surface area contributed by atoms with Crippen LogP contribution in [-0.2, 0) is 0 Å². The van der Waals surface area contributed by atoms with Gasteiger partial charge in [-0.1, -0.05) is 12.1 Å². The van der Waals surface area contributed by atoms with Crippen molar-refractivity contribution >= 4 is 0 Å². The number of nitrogens with zero attached hydrogens (tertiary/aromatic N) is 2. The predicted octanol–water partition coefficient (Wildman–Crippen LogP) is 1.72. The van der Waals surface area contributed by atoms with E-state index in [0.717, 1.165) is 25.4 Å². The molecule has 1 aromatic carbocycles. The van der Waals surface area contributed by atoms with E-state index in [4.69, 9.17) is 10.5 Å². The molecule has 0 radical (unpaired) electrons. The Hall–Kier alpha value is -1.10. The minimum absolute atomic E-state index is 0.0711. The molecule has 0 spiro atoms. The van der Waals surface area contributed by atoms with Crippen LogP contribution in [0.4, 0.5) is 0 Å². The Morgan fingerprint density at radius 1 is 1.35 bits per heavy atom. The van der Waals surface area contributed by atoms with E-state index in [-0.39, 0.29) is 6.04 Å². The molecule has 0 amide bonds. The fourth-order valence-corrected chi connectivity index (χ4v) is 2.85. The summed E-state index contributed by atoms with van der Waals surface area (Å²) in [6.07, 6.45) is 2.56. The van der Waals surface area contributed by atoms with E-state index in [1.807, 2.05) is 12.1 Å². The SMILES string of the molecule is COc1ccc(C(N)CN2CCCC(N(C)C)C2)cc1.